The van der Waals surface area contributed by atoms with Crippen molar-refractivity contribution in [3.63, 3.8) is 0 Å². The van der Waals surface area contributed by atoms with E-state index in [1.807, 2.05) is 11.2 Å². The summed E-state index contributed by atoms with van der Waals surface area (Å²) < 4.78 is 0. The number of hydrogen-bond acceptors (Lipinski definition) is 5. The highest BCUT2D eigenvalue weighted by molar-refractivity contribution is 7.99. The van der Waals surface area contributed by atoms with Crippen molar-refractivity contribution < 1.29 is 15.0 Å². The van der Waals surface area contributed by atoms with E-state index in [4.69, 9.17) is 5.73 Å². The smallest absolute Gasteiger partial charge is 0.225 e. The van der Waals surface area contributed by atoms with Crippen LogP contribution in [0.15, 0.2) is 0 Å². The van der Waals surface area contributed by atoms with Gasteiger partial charge < -0.3 is 20.8 Å². The molecule has 3 rings (SSSR count). The summed E-state index contributed by atoms with van der Waals surface area (Å²) in [6.45, 7) is 2.53. The summed E-state index contributed by atoms with van der Waals surface area (Å²) in [7, 11) is 0. The minimum absolute atomic E-state index is 0.0410. The fraction of sp³-hybridized carbons (Fsp3) is 0.950. The molecule has 0 spiro atoms. The van der Waals surface area contributed by atoms with Gasteiger partial charge >= 0.3 is 0 Å². The first-order valence-electron chi connectivity index (χ1n) is 10.4. The Kier molecular flexibility index (Phi) is 7.28. The molecule has 6 unspecified atom stereocenters. The molecule has 0 aromatic heterocycles. The summed E-state index contributed by atoms with van der Waals surface area (Å²) in [6.07, 6.45) is 8.96. The van der Waals surface area contributed by atoms with Crippen LogP contribution in [0.4, 0.5) is 0 Å². The molecule has 1 saturated heterocycles. The first-order valence-corrected chi connectivity index (χ1v) is 11.7. The Hall–Kier alpha value is -0.300. The summed E-state index contributed by atoms with van der Waals surface area (Å²) in [5.74, 6) is 2.29. The van der Waals surface area contributed by atoms with Gasteiger partial charge in [0.25, 0.3) is 0 Å². The van der Waals surface area contributed by atoms with E-state index in [0.29, 0.717) is 18.8 Å². The third-order valence-electron chi connectivity index (χ3n) is 7.14. The second-order valence-corrected chi connectivity index (χ2v) is 9.77. The molecule has 0 bridgehead atoms. The summed E-state index contributed by atoms with van der Waals surface area (Å²) >= 11 is 1.56. The molecule has 1 heterocycles. The highest BCUT2D eigenvalue weighted by Gasteiger charge is 2.40. The highest BCUT2D eigenvalue weighted by atomic mass is 32.2. The Balaban J connectivity index is 1.50. The molecule has 6 atom stereocenters. The predicted molar refractivity (Wildman–Crippen MR) is 106 cm³/mol. The molecule has 150 valence electrons. The third kappa shape index (κ3) is 4.57. The highest BCUT2D eigenvalue weighted by Crippen LogP contribution is 2.39. The minimum atomic E-state index is -0.775. The number of hydrogen-bond donors (Lipinski definition) is 3. The summed E-state index contributed by atoms with van der Waals surface area (Å²) in [5, 5.41) is 20.1. The first kappa shape index (κ1) is 20.4. The van der Waals surface area contributed by atoms with Crippen molar-refractivity contribution in [2.45, 2.75) is 68.8 Å². The summed E-state index contributed by atoms with van der Waals surface area (Å²) in [5.41, 5.74) is 5.89. The third-order valence-corrected chi connectivity index (χ3v) is 8.22. The topological polar surface area (TPSA) is 86.8 Å². The molecule has 3 aliphatic rings. The molecule has 2 aliphatic carbocycles. The van der Waals surface area contributed by atoms with Crippen LogP contribution in [0.3, 0.4) is 0 Å². The number of thioether (sulfide) groups is 1. The van der Waals surface area contributed by atoms with Crippen molar-refractivity contribution in [3.05, 3.63) is 0 Å². The van der Waals surface area contributed by atoms with Gasteiger partial charge in [-0.05, 0) is 69.1 Å². The van der Waals surface area contributed by atoms with E-state index in [1.54, 1.807) is 11.8 Å². The molecule has 0 aromatic rings. The van der Waals surface area contributed by atoms with Crippen LogP contribution >= 0.6 is 11.8 Å². The van der Waals surface area contributed by atoms with E-state index in [9.17, 15) is 15.0 Å². The van der Waals surface area contributed by atoms with Crippen LogP contribution < -0.4 is 5.73 Å². The molecule has 4 N–H and O–H groups in total. The Morgan fingerprint density at radius 1 is 1.08 bits per heavy atom. The van der Waals surface area contributed by atoms with E-state index in [-0.39, 0.29) is 17.1 Å². The number of nitrogens with zero attached hydrogens (tertiary/aromatic N) is 1. The molecule has 5 nitrogen and oxygen atoms in total. The van der Waals surface area contributed by atoms with Gasteiger partial charge in [0.15, 0.2) is 0 Å². The summed E-state index contributed by atoms with van der Waals surface area (Å²) in [6, 6.07) is 0. The number of piperidine rings is 1. The molecular formula is C20H36N2O3S. The van der Waals surface area contributed by atoms with E-state index < -0.39 is 12.2 Å². The molecule has 6 heteroatoms. The van der Waals surface area contributed by atoms with Gasteiger partial charge in [-0.25, -0.2) is 0 Å². The molecule has 3 fully saturated rings. The van der Waals surface area contributed by atoms with Gasteiger partial charge in [0, 0.05) is 24.3 Å². The van der Waals surface area contributed by atoms with Gasteiger partial charge in [0.2, 0.25) is 5.91 Å². The van der Waals surface area contributed by atoms with E-state index in [1.165, 1.54) is 25.7 Å². The molecule has 0 radical (unpaired) electrons. The maximum atomic E-state index is 13.0. The lowest BCUT2D eigenvalue weighted by Crippen LogP contribution is -2.49. The van der Waals surface area contributed by atoms with Crippen molar-refractivity contribution >= 4 is 17.7 Å². The molecule has 26 heavy (non-hydrogen) atoms. The maximum Gasteiger partial charge on any atom is 0.225 e. The number of nitrogens with two attached hydrogens (primary N) is 1. The molecule has 2 saturated carbocycles. The van der Waals surface area contributed by atoms with Crippen LogP contribution in [0.5, 0.6) is 0 Å². The molecular weight excluding hydrogens is 348 g/mol. The van der Waals surface area contributed by atoms with E-state index >= 15 is 0 Å². The normalized spacial score (nSPS) is 39.8. The standard InChI is InChI=1S/C20H36N2O3S/c1-26-18-11-16(10-17(23)19(18)24)20(25)22-7-5-14(6-8-22)15-4-2-3-13(9-15)12-21/h13-19,23-24H,2-12,21H2,1H3. The Bertz CT molecular complexity index is 470. The number of rotatable bonds is 4. The zero-order valence-corrected chi connectivity index (χ0v) is 16.9. The molecule has 0 aromatic carbocycles. The van der Waals surface area contributed by atoms with Crippen LogP contribution in [-0.2, 0) is 4.79 Å². The van der Waals surface area contributed by atoms with Gasteiger partial charge in [-0.1, -0.05) is 12.8 Å². The fourth-order valence-electron chi connectivity index (χ4n) is 5.46. The largest absolute Gasteiger partial charge is 0.390 e. The quantitative estimate of drug-likeness (QED) is 0.689. The van der Waals surface area contributed by atoms with Crippen molar-refractivity contribution in [1.82, 2.24) is 4.90 Å². The number of carbonyl (C=O) groups excluding carboxylic acids is 1. The minimum Gasteiger partial charge on any atom is -0.390 e. The number of carbonyl (C=O) groups is 1. The van der Waals surface area contributed by atoms with Crippen molar-refractivity contribution in [2.75, 3.05) is 25.9 Å². The van der Waals surface area contributed by atoms with E-state index in [2.05, 4.69) is 0 Å². The van der Waals surface area contributed by atoms with Gasteiger partial charge in [-0.2, -0.15) is 11.8 Å². The fourth-order valence-corrected chi connectivity index (χ4v) is 6.34. The Morgan fingerprint density at radius 3 is 2.46 bits per heavy atom. The van der Waals surface area contributed by atoms with Crippen LogP contribution in [-0.4, -0.2) is 64.4 Å². The zero-order valence-electron chi connectivity index (χ0n) is 16.1. The summed E-state index contributed by atoms with van der Waals surface area (Å²) in [4.78, 5) is 15.0. The lowest BCUT2D eigenvalue weighted by atomic mass is 9.72. The van der Waals surface area contributed by atoms with E-state index in [0.717, 1.165) is 44.3 Å². The monoisotopic (exact) mass is 384 g/mol. The molecule has 1 aliphatic heterocycles. The SMILES string of the molecule is CSC1CC(C(=O)N2CCC(C3CCCC(CN)C3)CC2)CC(O)C1O. The second kappa shape index (κ2) is 9.26. The van der Waals surface area contributed by atoms with Gasteiger partial charge in [0.1, 0.15) is 0 Å². The predicted octanol–water partition coefficient (Wildman–Crippen LogP) is 1.85. The van der Waals surface area contributed by atoms with Crippen molar-refractivity contribution in [1.29, 1.82) is 0 Å². The van der Waals surface area contributed by atoms with Crippen LogP contribution in [0.1, 0.15) is 51.4 Å². The second-order valence-electron chi connectivity index (χ2n) is 8.69. The van der Waals surface area contributed by atoms with Gasteiger partial charge in [0.05, 0.1) is 12.2 Å². The maximum absolute atomic E-state index is 13.0. The zero-order chi connectivity index (χ0) is 18.7. The number of amides is 1. The molecule has 1 amide bonds. The average molecular weight is 385 g/mol. The van der Waals surface area contributed by atoms with Crippen molar-refractivity contribution in [2.24, 2.45) is 29.4 Å². The van der Waals surface area contributed by atoms with Gasteiger partial charge in [-0.15, -0.1) is 0 Å². The average Bonchev–Trinajstić information content (AvgIpc) is 2.69. The van der Waals surface area contributed by atoms with Gasteiger partial charge in [-0.3, -0.25) is 4.79 Å². The number of likely N-dealkylation sites (tertiary alicyclic amines) is 1. The van der Waals surface area contributed by atoms with Crippen LogP contribution in [0, 0.1) is 23.7 Å². The number of aliphatic hydroxyl groups excluding tert-OH is 2. The van der Waals surface area contributed by atoms with Crippen LogP contribution in [0.2, 0.25) is 0 Å². The lowest BCUT2D eigenvalue weighted by molar-refractivity contribution is -0.141. The first-order chi connectivity index (χ1) is 12.5. The van der Waals surface area contributed by atoms with Crippen LogP contribution in [0.25, 0.3) is 0 Å². The van der Waals surface area contributed by atoms with Crippen molar-refractivity contribution in [3.8, 4) is 0 Å². The lowest BCUT2D eigenvalue weighted by Gasteiger charge is -2.42. The Morgan fingerprint density at radius 2 is 1.81 bits per heavy atom. The Labute approximate surface area is 162 Å². The number of aliphatic hydroxyl groups is 2.